The van der Waals surface area contributed by atoms with E-state index in [1.165, 1.54) is 16.7 Å². The molecule has 2 rings (SSSR count). The van der Waals surface area contributed by atoms with Gasteiger partial charge in [0.25, 0.3) is 0 Å². The monoisotopic (exact) mass is 188 g/mol. The highest BCUT2D eigenvalue weighted by atomic mass is 15.1. The molecule has 0 saturated heterocycles. The summed E-state index contributed by atoms with van der Waals surface area (Å²) in [5.74, 6) is 0. The molecule has 0 aromatic heterocycles. The molecular formula is C12H16N2. The van der Waals surface area contributed by atoms with Crippen molar-refractivity contribution in [2.24, 2.45) is 0 Å². The highest BCUT2D eigenvalue weighted by Crippen LogP contribution is 2.14. The maximum atomic E-state index is 3.43. The van der Waals surface area contributed by atoms with E-state index in [0.717, 1.165) is 6.54 Å². The lowest BCUT2D eigenvalue weighted by Crippen LogP contribution is -2.36. The summed E-state index contributed by atoms with van der Waals surface area (Å²) in [4.78, 5) is 0. The number of benzene rings is 1. The molecule has 1 aliphatic heterocycles. The van der Waals surface area contributed by atoms with E-state index in [9.17, 15) is 0 Å². The quantitative estimate of drug-likeness (QED) is 0.705. The van der Waals surface area contributed by atoms with Gasteiger partial charge in [0.05, 0.1) is 0 Å². The Morgan fingerprint density at radius 1 is 1.14 bits per heavy atom. The van der Waals surface area contributed by atoms with E-state index in [0.29, 0.717) is 0 Å². The zero-order chi connectivity index (χ0) is 9.97. The van der Waals surface area contributed by atoms with Crippen LogP contribution in [-0.2, 0) is 0 Å². The lowest BCUT2D eigenvalue weighted by atomic mass is 10.1. The molecule has 1 aromatic carbocycles. The molecule has 2 N–H and O–H groups in total. The summed E-state index contributed by atoms with van der Waals surface area (Å²) in [5.41, 5.74) is 3.93. The Labute approximate surface area is 85.0 Å². The van der Waals surface area contributed by atoms with Crippen molar-refractivity contribution < 1.29 is 0 Å². The van der Waals surface area contributed by atoms with Crippen LogP contribution < -0.4 is 10.6 Å². The second-order valence-corrected chi connectivity index (χ2v) is 3.88. The van der Waals surface area contributed by atoms with Gasteiger partial charge in [-0.2, -0.15) is 0 Å². The largest absolute Gasteiger partial charge is 0.372 e. The summed E-state index contributed by atoms with van der Waals surface area (Å²) >= 11 is 0. The summed E-state index contributed by atoms with van der Waals surface area (Å²) in [6.45, 7) is 5.19. The van der Waals surface area contributed by atoms with E-state index in [1.807, 2.05) is 0 Å². The van der Waals surface area contributed by atoms with E-state index in [1.54, 1.807) is 0 Å². The van der Waals surface area contributed by atoms with Gasteiger partial charge in [-0.25, -0.2) is 0 Å². The van der Waals surface area contributed by atoms with Crippen molar-refractivity contribution >= 4 is 0 Å². The fourth-order valence-corrected chi connectivity index (χ4v) is 1.57. The van der Waals surface area contributed by atoms with Crippen LogP contribution in [0.15, 0.2) is 36.0 Å². The van der Waals surface area contributed by atoms with Gasteiger partial charge in [0.2, 0.25) is 0 Å². The van der Waals surface area contributed by atoms with Crippen LogP contribution in [0.3, 0.4) is 0 Å². The first kappa shape index (κ1) is 9.28. The summed E-state index contributed by atoms with van der Waals surface area (Å²) < 4.78 is 0. The van der Waals surface area contributed by atoms with Crippen molar-refractivity contribution in [2.75, 3.05) is 6.54 Å². The molecule has 2 heteroatoms. The Balaban J connectivity index is 2.13. The van der Waals surface area contributed by atoms with Crippen LogP contribution in [0.25, 0.3) is 0 Å². The summed E-state index contributed by atoms with van der Waals surface area (Å²) in [7, 11) is 0. The predicted molar refractivity (Wildman–Crippen MR) is 58.8 cm³/mol. The lowest BCUT2D eigenvalue weighted by Gasteiger charge is -2.24. The molecule has 0 amide bonds. The minimum atomic E-state index is 0.263. The lowest BCUT2D eigenvalue weighted by molar-refractivity contribution is 0.486. The number of rotatable bonds is 1. The molecule has 1 aliphatic rings. The SMILES string of the molecule is CC1=CNC(c2ccc(C)cc2)NC1. The molecule has 0 spiro atoms. The molecule has 0 fully saturated rings. The molecule has 1 atom stereocenters. The van der Waals surface area contributed by atoms with Crippen molar-refractivity contribution in [3.05, 3.63) is 47.2 Å². The fourth-order valence-electron chi connectivity index (χ4n) is 1.57. The topological polar surface area (TPSA) is 24.1 Å². The first-order valence-corrected chi connectivity index (χ1v) is 4.97. The van der Waals surface area contributed by atoms with Crippen LogP contribution in [0.4, 0.5) is 0 Å². The normalized spacial score (nSPS) is 21.3. The Bertz CT molecular complexity index is 338. The van der Waals surface area contributed by atoms with Crippen LogP contribution in [0.1, 0.15) is 24.2 Å². The van der Waals surface area contributed by atoms with E-state index in [-0.39, 0.29) is 6.17 Å². The molecule has 0 aliphatic carbocycles. The van der Waals surface area contributed by atoms with Crippen LogP contribution in [-0.4, -0.2) is 6.54 Å². The van der Waals surface area contributed by atoms with E-state index >= 15 is 0 Å². The van der Waals surface area contributed by atoms with Crippen LogP contribution in [0, 0.1) is 6.92 Å². The molecule has 2 nitrogen and oxygen atoms in total. The first-order chi connectivity index (χ1) is 6.75. The Hall–Kier alpha value is -1.28. The van der Waals surface area contributed by atoms with Crippen molar-refractivity contribution in [3.8, 4) is 0 Å². The van der Waals surface area contributed by atoms with Gasteiger partial charge in [-0.15, -0.1) is 0 Å². The Morgan fingerprint density at radius 2 is 1.86 bits per heavy atom. The third-order valence-corrected chi connectivity index (χ3v) is 2.49. The Morgan fingerprint density at radius 3 is 2.43 bits per heavy atom. The van der Waals surface area contributed by atoms with E-state index < -0.39 is 0 Å². The van der Waals surface area contributed by atoms with Crippen molar-refractivity contribution in [1.82, 2.24) is 10.6 Å². The van der Waals surface area contributed by atoms with Gasteiger partial charge in [-0.3, -0.25) is 5.32 Å². The van der Waals surface area contributed by atoms with Crippen molar-refractivity contribution in [1.29, 1.82) is 0 Å². The standard InChI is InChI=1S/C12H16N2/c1-9-3-5-11(6-4-9)12-13-7-10(2)8-14-12/h3-7,12-14H,8H2,1-2H3. The van der Waals surface area contributed by atoms with Gasteiger partial charge in [0.1, 0.15) is 6.17 Å². The maximum Gasteiger partial charge on any atom is 0.103 e. The number of aryl methyl sites for hydroxylation is 1. The minimum absolute atomic E-state index is 0.263. The molecule has 0 saturated carbocycles. The third kappa shape index (κ3) is 1.96. The van der Waals surface area contributed by atoms with Crippen molar-refractivity contribution in [2.45, 2.75) is 20.0 Å². The fraction of sp³-hybridized carbons (Fsp3) is 0.333. The maximum absolute atomic E-state index is 3.43. The zero-order valence-corrected chi connectivity index (χ0v) is 8.67. The third-order valence-electron chi connectivity index (χ3n) is 2.49. The molecule has 0 bridgehead atoms. The summed E-state index contributed by atoms with van der Waals surface area (Å²) in [6.07, 6.45) is 2.35. The Kier molecular flexibility index (Phi) is 2.55. The van der Waals surface area contributed by atoms with Gasteiger partial charge in [-0.05, 0) is 31.2 Å². The number of nitrogens with one attached hydrogen (secondary N) is 2. The predicted octanol–water partition coefficient (Wildman–Crippen LogP) is 2.09. The van der Waals surface area contributed by atoms with E-state index in [2.05, 4.69) is 54.9 Å². The first-order valence-electron chi connectivity index (χ1n) is 4.97. The molecule has 1 heterocycles. The smallest absolute Gasteiger partial charge is 0.103 e. The summed E-state index contributed by atoms with van der Waals surface area (Å²) in [6, 6.07) is 8.61. The van der Waals surface area contributed by atoms with E-state index in [4.69, 9.17) is 0 Å². The second-order valence-electron chi connectivity index (χ2n) is 3.88. The average Bonchev–Trinajstić information content (AvgIpc) is 2.21. The molecule has 1 aromatic rings. The molecule has 0 radical (unpaired) electrons. The highest BCUT2D eigenvalue weighted by molar-refractivity contribution is 5.25. The van der Waals surface area contributed by atoms with Gasteiger partial charge in [-0.1, -0.05) is 29.8 Å². The number of hydrogen-bond donors (Lipinski definition) is 2. The number of hydrogen-bond acceptors (Lipinski definition) is 2. The molecule has 1 unspecified atom stereocenters. The van der Waals surface area contributed by atoms with Gasteiger partial charge in [0.15, 0.2) is 0 Å². The van der Waals surface area contributed by atoms with Crippen LogP contribution in [0.5, 0.6) is 0 Å². The van der Waals surface area contributed by atoms with Gasteiger partial charge in [0, 0.05) is 6.54 Å². The zero-order valence-electron chi connectivity index (χ0n) is 8.67. The van der Waals surface area contributed by atoms with Crippen LogP contribution >= 0.6 is 0 Å². The average molecular weight is 188 g/mol. The minimum Gasteiger partial charge on any atom is -0.372 e. The van der Waals surface area contributed by atoms with Crippen LogP contribution in [0.2, 0.25) is 0 Å². The van der Waals surface area contributed by atoms with Gasteiger partial charge < -0.3 is 5.32 Å². The molecule has 74 valence electrons. The molecule has 14 heavy (non-hydrogen) atoms. The second kappa shape index (κ2) is 3.84. The van der Waals surface area contributed by atoms with Crippen molar-refractivity contribution in [3.63, 3.8) is 0 Å². The van der Waals surface area contributed by atoms with Gasteiger partial charge >= 0.3 is 0 Å². The summed E-state index contributed by atoms with van der Waals surface area (Å²) in [5, 5.41) is 6.76. The highest BCUT2D eigenvalue weighted by Gasteiger charge is 2.11. The molecular weight excluding hydrogens is 172 g/mol.